The number of hydrogen-bond donors (Lipinski definition) is 0. The Morgan fingerprint density at radius 3 is 1.02 bits per heavy atom. The van der Waals surface area contributed by atoms with Crippen LogP contribution in [-0.4, -0.2) is 0 Å². The van der Waals surface area contributed by atoms with E-state index < -0.39 is 0 Å². The second-order valence-corrected chi connectivity index (χ2v) is 15.3. The van der Waals surface area contributed by atoms with Crippen molar-refractivity contribution < 1.29 is 0 Å². The standard InChI is InChI=1S/C56H38/c1-35-45-27-25-40(38-16-12-18-42(30-38)56-34-44-14-4-6-20-48(44)50-22-8-10-24-52(50)56)32-54(45)36(2)46-28-26-39(31-53(35)46)37-15-11-17-41(29-37)55-33-43-13-3-5-19-47(43)49-21-7-9-23-51(49)55/h3-34H,1-2H3. The molecule has 0 aromatic heterocycles. The molecule has 0 unspecified atom stereocenters. The molecule has 0 atom stereocenters. The summed E-state index contributed by atoms with van der Waals surface area (Å²) in [7, 11) is 0. The molecule has 0 aliphatic carbocycles. The Balaban J connectivity index is 0.994. The zero-order valence-corrected chi connectivity index (χ0v) is 31.5. The van der Waals surface area contributed by atoms with Crippen LogP contribution in [0.15, 0.2) is 194 Å². The van der Waals surface area contributed by atoms with Crippen LogP contribution in [0, 0.1) is 13.8 Å². The summed E-state index contributed by atoms with van der Waals surface area (Å²) in [5.74, 6) is 0. The fourth-order valence-electron chi connectivity index (χ4n) is 9.33. The Kier molecular flexibility index (Phi) is 7.41. The van der Waals surface area contributed by atoms with Crippen molar-refractivity contribution in [1.82, 2.24) is 0 Å². The van der Waals surface area contributed by atoms with Crippen LogP contribution in [0.2, 0.25) is 0 Å². The minimum absolute atomic E-state index is 1.23. The normalized spacial score (nSPS) is 11.8. The van der Waals surface area contributed by atoms with E-state index >= 15 is 0 Å². The lowest BCUT2D eigenvalue weighted by Gasteiger charge is -2.16. The molecular weight excluding hydrogens is 673 g/mol. The summed E-state index contributed by atoms with van der Waals surface area (Å²) in [6, 6.07) is 72.0. The highest BCUT2D eigenvalue weighted by molar-refractivity contribution is 6.15. The summed E-state index contributed by atoms with van der Waals surface area (Å²) in [6.45, 7) is 4.58. The quantitative estimate of drug-likeness (QED) is 0.126. The second kappa shape index (κ2) is 12.8. The SMILES string of the molecule is Cc1c2ccc(-c3cccc(-c4cc5ccccc5c5ccccc45)c3)cc2c(C)c2ccc(-c3cccc(-c4cc5ccccc5c5ccccc45)c3)cc12. The molecule has 0 saturated heterocycles. The van der Waals surface area contributed by atoms with E-state index in [0.29, 0.717) is 0 Å². The van der Waals surface area contributed by atoms with E-state index in [9.17, 15) is 0 Å². The average molecular weight is 711 g/mol. The van der Waals surface area contributed by atoms with Crippen LogP contribution in [0.3, 0.4) is 0 Å². The molecule has 262 valence electrons. The van der Waals surface area contributed by atoms with Gasteiger partial charge in [-0.1, -0.05) is 158 Å². The number of aryl methyl sites for hydroxylation is 2. The van der Waals surface area contributed by atoms with Crippen molar-refractivity contribution in [1.29, 1.82) is 0 Å². The Hall–Kier alpha value is -7.02. The van der Waals surface area contributed by atoms with E-state index in [0.717, 1.165) is 0 Å². The summed E-state index contributed by atoms with van der Waals surface area (Å²) in [4.78, 5) is 0. The van der Waals surface area contributed by atoms with Crippen molar-refractivity contribution in [3.05, 3.63) is 205 Å². The van der Waals surface area contributed by atoms with Gasteiger partial charge >= 0.3 is 0 Å². The summed E-state index contributed by atoms with van der Waals surface area (Å²) < 4.78 is 0. The maximum absolute atomic E-state index is 2.40. The Morgan fingerprint density at radius 1 is 0.214 bits per heavy atom. The molecule has 0 fully saturated rings. The average Bonchev–Trinajstić information content (AvgIpc) is 3.27. The summed E-state index contributed by atoms with van der Waals surface area (Å²) in [6.07, 6.45) is 0. The predicted molar refractivity (Wildman–Crippen MR) is 243 cm³/mol. The molecule has 0 heterocycles. The van der Waals surface area contributed by atoms with E-state index in [2.05, 4.69) is 208 Å². The monoisotopic (exact) mass is 710 g/mol. The molecule has 0 spiro atoms. The molecule has 0 heteroatoms. The molecule has 0 radical (unpaired) electrons. The third-order valence-corrected chi connectivity index (χ3v) is 12.2. The topological polar surface area (TPSA) is 0 Å². The van der Waals surface area contributed by atoms with Gasteiger partial charge in [0, 0.05) is 0 Å². The van der Waals surface area contributed by atoms with Crippen molar-refractivity contribution >= 4 is 64.6 Å². The largest absolute Gasteiger partial charge is 0.0616 e. The van der Waals surface area contributed by atoms with Crippen molar-refractivity contribution in [3.8, 4) is 44.5 Å². The lowest BCUT2D eigenvalue weighted by atomic mass is 9.88. The van der Waals surface area contributed by atoms with Gasteiger partial charge in [-0.3, -0.25) is 0 Å². The zero-order chi connectivity index (χ0) is 37.3. The van der Waals surface area contributed by atoms with Gasteiger partial charge in [0.25, 0.3) is 0 Å². The van der Waals surface area contributed by atoms with Crippen molar-refractivity contribution in [3.63, 3.8) is 0 Å². The minimum atomic E-state index is 1.23. The maximum Gasteiger partial charge on any atom is -0.00988 e. The summed E-state index contributed by atoms with van der Waals surface area (Å²) in [5.41, 5.74) is 12.6. The molecule has 0 N–H and O–H groups in total. The zero-order valence-electron chi connectivity index (χ0n) is 31.5. The summed E-state index contributed by atoms with van der Waals surface area (Å²) in [5, 5.41) is 15.5. The number of benzene rings is 11. The van der Waals surface area contributed by atoms with Gasteiger partial charge in [0.2, 0.25) is 0 Å². The molecule has 11 aromatic rings. The first-order chi connectivity index (χ1) is 27.6. The highest BCUT2D eigenvalue weighted by Gasteiger charge is 2.15. The van der Waals surface area contributed by atoms with Gasteiger partial charge in [-0.15, -0.1) is 0 Å². The Morgan fingerprint density at radius 2 is 0.571 bits per heavy atom. The third kappa shape index (κ3) is 5.14. The van der Waals surface area contributed by atoms with Gasteiger partial charge < -0.3 is 0 Å². The fraction of sp³-hybridized carbons (Fsp3) is 0.0357. The smallest absolute Gasteiger partial charge is 0.00988 e. The van der Waals surface area contributed by atoms with Crippen molar-refractivity contribution in [2.45, 2.75) is 13.8 Å². The molecule has 0 bridgehead atoms. The fourth-order valence-corrected chi connectivity index (χ4v) is 9.33. The van der Waals surface area contributed by atoms with Crippen LogP contribution in [0.25, 0.3) is 109 Å². The van der Waals surface area contributed by atoms with Gasteiger partial charge in [-0.25, -0.2) is 0 Å². The first kappa shape index (κ1) is 32.4. The maximum atomic E-state index is 2.40. The van der Waals surface area contributed by atoms with E-state index in [-0.39, 0.29) is 0 Å². The molecule has 56 heavy (non-hydrogen) atoms. The number of rotatable bonds is 4. The van der Waals surface area contributed by atoms with E-state index in [1.807, 2.05) is 0 Å². The van der Waals surface area contributed by atoms with Crippen LogP contribution >= 0.6 is 0 Å². The number of fused-ring (bicyclic) bond motifs is 8. The Bertz CT molecular complexity index is 3150. The van der Waals surface area contributed by atoms with Gasteiger partial charge in [-0.05, 0) is 171 Å². The predicted octanol–water partition coefficient (Wildman–Crippen LogP) is 15.9. The first-order valence-electron chi connectivity index (χ1n) is 19.6. The van der Waals surface area contributed by atoms with E-state index in [1.54, 1.807) is 0 Å². The van der Waals surface area contributed by atoms with Crippen LogP contribution in [-0.2, 0) is 0 Å². The highest BCUT2D eigenvalue weighted by Crippen LogP contribution is 2.41. The molecule has 11 rings (SSSR count). The molecule has 0 aliphatic rings. The van der Waals surface area contributed by atoms with Crippen molar-refractivity contribution in [2.75, 3.05) is 0 Å². The molecule has 0 aliphatic heterocycles. The Labute approximate surface area is 326 Å². The summed E-state index contributed by atoms with van der Waals surface area (Å²) >= 11 is 0. The van der Waals surface area contributed by atoms with Gasteiger partial charge in [0.1, 0.15) is 0 Å². The number of hydrogen-bond acceptors (Lipinski definition) is 0. The van der Waals surface area contributed by atoms with Gasteiger partial charge in [0.05, 0.1) is 0 Å². The van der Waals surface area contributed by atoms with Crippen molar-refractivity contribution in [2.24, 2.45) is 0 Å². The van der Waals surface area contributed by atoms with Crippen LogP contribution in [0.1, 0.15) is 11.1 Å². The van der Waals surface area contributed by atoms with Crippen LogP contribution in [0.4, 0.5) is 0 Å². The van der Waals surface area contributed by atoms with Gasteiger partial charge in [-0.2, -0.15) is 0 Å². The minimum Gasteiger partial charge on any atom is -0.0616 e. The van der Waals surface area contributed by atoms with Gasteiger partial charge in [0.15, 0.2) is 0 Å². The van der Waals surface area contributed by atoms with E-state index in [4.69, 9.17) is 0 Å². The molecule has 0 amide bonds. The second-order valence-electron chi connectivity index (χ2n) is 15.3. The van der Waals surface area contributed by atoms with Crippen LogP contribution in [0.5, 0.6) is 0 Å². The first-order valence-corrected chi connectivity index (χ1v) is 19.6. The lowest BCUT2D eigenvalue weighted by molar-refractivity contribution is 1.51. The molecule has 0 saturated carbocycles. The molecular formula is C56H38. The lowest BCUT2D eigenvalue weighted by Crippen LogP contribution is -1.91. The third-order valence-electron chi connectivity index (χ3n) is 12.2. The molecule has 0 nitrogen and oxygen atoms in total. The van der Waals surface area contributed by atoms with Crippen LogP contribution < -0.4 is 0 Å². The van der Waals surface area contributed by atoms with E-state index in [1.165, 1.54) is 120 Å². The molecule has 11 aromatic carbocycles. The highest BCUT2D eigenvalue weighted by atomic mass is 14.2.